The summed E-state index contributed by atoms with van der Waals surface area (Å²) in [6.45, 7) is 0. The summed E-state index contributed by atoms with van der Waals surface area (Å²) in [6, 6.07) is 7.79. The Balaban J connectivity index is 1.98. The van der Waals surface area contributed by atoms with Gasteiger partial charge in [0.05, 0.1) is 6.10 Å². The van der Waals surface area contributed by atoms with Crippen molar-refractivity contribution in [2.24, 2.45) is 0 Å². The maximum Gasteiger partial charge on any atom is 0.124 e. The Bertz CT molecular complexity index is 310. The van der Waals surface area contributed by atoms with Crippen molar-refractivity contribution >= 4 is 5.69 Å². The van der Waals surface area contributed by atoms with Gasteiger partial charge in [-0.25, -0.2) is 0 Å². The van der Waals surface area contributed by atoms with Crippen molar-refractivity contribution in [2.45, 2.75) is 31.5 Å². The van der Waals surface area contributed by atoms with Crippen LogP contribution in [0.1, 0.15) is 19.3 Å². The Hall–Kier alpha value is -1.22. The summed E-state index contributed by atoms with van der Waals surface area (Å²) in [7, 11) is 1.89. The van der Waals surface area contributed by atoms with Crippen LogP contribution in [-0.4, -0.2) is 24.4 Å². The fraction of sp³-hybridized carbons (Fsp3) is 0.500. The van der Waals surface area contributed by atoms with Crippen molar-refractivity contribution in [3.63, 3.8) is 0 Å². The number of nitrogens with one attached hydrogen (secondary N) is 1. The average molecular weight is 207 g/mol. The van der Waals surface area contributed by atoms with E-state index in [1.165, 1.54) is 0 Å². The third-order valence-corrected chi connectivity index (χ3v) is 2.85. The highest BCUT2D eigenvalue weighted by molar-refractivity contribution is 5.45. The van der Waals surface area contributed by atoms with Crippen molar-refractivity contribution in [1.29, 1.82) is 0 Å². The lowest BCUT2D eigenvalue weighted by Crippen LogP contribution is -2.25. The van der Waals surface area contributed by atoms with Crippen molar-refractivity contribution < 1.29 is 9.84 Å². The maximum absolute atomic E-state index is 9.61. The largest absolute Gasteiger partial charge is 0.488 e. The van der Waals surface area contributed by atoms with Gasteiger partial charge in [-0.1, -0.05) is 0 Å². The maximum atomic E-state index is 9.61. The number of hydrogen-bond acceptors (Lipinski definition) is 3. The van der Waals surface area contributed by atoms with Crippen LogP contribution >= 0.6 is 0 Å². The molecule has 1 aromatic rings. The number of aliphatic hydroxyl groups excluding tert-OH is 1. The minimum absolute atomic E-state index is 0.0227. The van der Waals surface area contributed by atoms with Gasteiger partial charge in [-0.3, -0.25) is 0 Å². The van der Waals surface area contributed by atoms with Gasteiger partial charge >= 0.3 is 0 Å². The molecule has 1 fully saturated rings. The molecule has 2 N–H and O–H groups in total. The summed E-state index contributed by atoms with van der Waals surface area (Å²) in [5, 5.41) is 12.7. The Labute approximate surface area is 90.1 Å². The monoisotopic (exact) mass is 207 g/mol. The molecule has 3 nitrogen and oxygen atoms in total. The van der Waals surface area contributed by atoms with E-state index < -0.39 is 0 Å². The summed E-state index contributed by atoms with van der Waals surface area (Å²) in [4.78, 5) is 0. The molecular weight excluding hydrogens is 190 g/mol. The van der Waals surface area contributed by atoms with E-state index in [-0.39, 0.29) is 12.2 Å². The summed E-state index contributed by atoms with van der Waals surface area (Å²) in [5.74, 6) is 0.833. The minimum atomic E-state index is -0.297. The van der Waals surface area contributed by atoms with Crippen LogP contribution in [0.15, 0.2) is 24.3 Å². The van der Waals surface area contributed by atoms with E-state index in [1.807, 2.05) is 31.3 Å². The van der Waals surface area contributed by atoms with Gasteiger partial charge in [-0.15, -0.1) is 0 Å². The molecule has 0 bridgehead atoms. The third-order valence-electron chi connectivity index (χ3n) is 2.85. The highest BCUT2D eigenvalue weighted by atomic mass is 16.5. The highest BCUT2D eigenvalue weighted by Crippen LogP contribution is 2.25. The molecule has 3 heteroatoms. The van der Waals surface area contributed by atoms with E-state index in [9.17, 15) is 5.11 Å². The lowest BCUT2D eigenvalue weighted by atomic mass is 10.2. The van der Waals surface area contributed by atoms with E-state index in [4.69, 9.17) is 4.74 Å². The van der Waals surface area contributed by atoms with Crippen LogP contribution in [-0.2, 0) is 0 Å². The molecule has 1 aliphatic rings. The third kappa shape index (κ3) is 2.42. The molecule has 0 aliphatic heterocycles. The number of hydrogen-bond donors (Lipinski definition) is 2. The lowest BCUT2D eigenvalue weighted by molar-refractivity contribution is 0.0604. The van der Waals surface area contributed by atoms with E-state index in [0.717, 1.165) is 30.7 Å². The van der Waals surface area contributed by atoms with E-state index >= 15 is 0 Å². The molecule has 15 heavy (non-hydrogen) atoms. The fourth-order valence-corrected chi connectivity index (χ4v) is 1.92. The highest BCUT2D eigenvalue weighted by Gasteiger charge is 2.26. The summed E-state index contributed by atoms with van der Waals surface area (Å²) in [6.07, 6.45) is 2.55. The minimum Gasteiger partial charge on any atom is -0.488 e. The van der Waals surface area contributed by atoms with Gasteiger partial charge in [0.15, 0.2) is 0 Å². The number of rotatable bonds is 3. The summed E-state index contributed by atoms with van der Waals surface area (Å²) < 4.78 is 5.71. The van der Waals surface area contributed by atoms with Gasteiger partial charge < -0.3 is 15.2 Å². The van der Waals surface area contributed by atoms with E-state index in [0.29, 0.717) is 0 Å². The van der Waals surface area contributed by atoms with Crippen molar-refractivity contribution in [2.75, 3.05) is 12.4 Å². The molecule has 0 spiro atoms. The first-order chi connectivity index (χ1) is 7.29. The Morgan fingerprint density at radius 2 is 2.00 bits per heavy atom. The molecule has 2 atom stereocenters. The molecule has 1 aromatic carbocycles. The summed E-state index contributed by atoms with van der Waals surface area (Å²) in [5.41, 5.74) is 1.06. The van der Waals surface area contributed by atoms with Crippen LogP contribution in [0.25, 0.3) is 0 Å². The Kier molecular flexibility index (Phi) is 3.11. The van der Waals surface area contributed by atoms with Gasteiger partial charge in [0.1, 0.15) is 11.9 Å². The van der Waals surface area contributed by atoms with E-state index in [2.05, 4.69) is 5.32 Å². The van der Waals surface area contributed by atoms with Crippen LogP contribution in [0.5, 0.6) is 5.75 Å². The molecular formula is C12H17NO2. The molecule has 2 unspecified atom stereocenters. The second-order valence-corrected chi connectivity index (χ2v) is 3.93. The van der Waals surface area contributed by atoms with Gasteiger partial charge in [-0.2, -0.15) is 0 Å². The van der Waals surface area contributed by atoms with Gasteiger partial charge in [-0.05, 0) is 43.5 Å². The van der Waals surface area contributed by atoms with Crippen LogP contribution in [0.4, 0.5) is 5.69 Å². The normalized spacial score (nSPS) is 25.2. The number of ether oxygens (including phenoxy) is 1. The van der Waals surface area contributed by atoms with Crippen LogP contribution in [0.2, 0.25) is 0 Å². The van der Waals surface area contributed by atoms with E-state index in [1.54, 1.807) is 0 Å². The molecule has 0 heterocycles. The van der Waals surface area contributed by atoms with Gasteiger partial charge in [0.2, 0.25) is 0 Å². The zero-order chi connectivity index (χ0) is 10.7. The molecule has 0 saturated heterocycles. The second-order valence-electron chi connectivity index (χ2n) is 3.93. The number of benzene rings is 1. The predicted molar refractivity (Wildman–Crippen MR) is 60.3 cm³/mol. The second kappa shape index (κ2) is 4.53. The van der Waals surface area contributed by atoms with Gasteiger partial charge in [0, 0.05) is 12.7 Å². The first-order valence-electron chi connectivity index (χ1n) is 5.42. The molecule has 0 radical (unpaired) electrons. The quantitative estimate of drug-likeness (QED) is 0.796. The smallest absolute Gasteiger partial charge is 0.124 e. The molecule has 0 aromatic heterocycles. The number of aliphatic hydroxyl groups is 1. The van der Waals surface area contributed by atoms with Crippen LogP contribution in [0.3, 0.4) is 0 Å². The average Bonchev–Trinajstić information content (AvgIpc) is 2.66. The Morgan fingerprint density at radius 1 is 1.27 bits per heavy atom. The van der Waals surface area contributed by atoms with Crippen molar-refractivity contribution in [3.05, 3.63) is 24.3 Å². The molecule has 0 amide bonds. The first kappa shape index (κ1) is 10.3. The standard InChI is InChI=1S/C12H17NO2/c1-13-9-5-7-10(8-6-9)15-12-4-2-3-11(12)14/h5-8,11-14H,2-4H2,1H3. The predicted octanol–water partition coefficient (Wildman–Crippen LogP) is 2.02. The molecule has 1 saturated carbocycles. The Morgan fingerprint density at radius 3 is 2.53 bits per heavy atom. The molecule has 82 valence electrons. The van der Waals surface area contributed by atoms with Gasteiger partial charge in [0.25, 0.3) is 0 Å². The first-order valence-corrected chi connectivity index (χ1v) is 5.42. The zero-order valence-corrected chi connectivity index (χ0v) is 8.94. The number of anilines is 1. The molecule has 1 aliphatic carbocycles. The topological polar surface area (TPSA) is 41.5 Å². The lowest BCUT2D eigenvalue weighted by Gasteiger charge is -2.17. The molecule has 2 rings (SSSR count). The SMILES string of the molecule is CNc1ccc(OC2CCCC2O)cc1. The van der Waals surface area contributed by atoms with Crippen LogP contribution < -0.4 is 10.1 Å². The van der Waals surface area contributed by atoms with Crippen LogP contribution in [0, 0.1) is 0 Å². The summed E-state index contributed by atoms with van der Waals surface area (Å²) >= 11 is 0. The zero-order valence-electron chi connectivity index (χ0n) is 8.94. The van der Waals surface area contributed by atoms with Crippen molar-refractivity contribution in [3.8, 4) is 5.75 Å². The van der Waals surface area contributed by atoms with Crippen molar-refractivity contribution in [1.82, 2.24) is 0 Å². The fourth-order valence-electron chi connectivity index (χ4n) is 1.92.